The minimum Gasteiger partial charge on any atom is -0.496 e. The van der Waals surface area contributed by atoms with E-state index in [1.165, 1.54) is 13.2 Å². The Morgan fingerprint density at radius 1 is 1.11 bits per heavy atom. The summed E-state index contributed by atoms with van der Waals surface area (Å²) in [5.74, 6) is -0.273. The molecule has 1 heterocycles. The first-order chi connectivity index (χ1) is 20.6. The summed E-state index contributed by atoms with van der Waals surface area (Å²) in [5, 5.41) is 15.9. The highest BCUT2D eigenvalue weighted by molar-refractivity contribution is 6.48. The van der Waals surface area contributed by atoms with Crippen molar-refractivity contribution in [1.82, 2.24) is 10.6 Å². The van der Waals surface area contributed by atoms with Crippen LogP contribution in [0.3, 0.4) is 0 Å². The molecular weight excluding hydrogens is 563 g/mol. The zero-order valence-corrected chi connectivity index (χ0v) is 27.2. The normalized spacial score (nSPS) is 31.2. The highest BCUT2D eigenvalue weighted by Crippen LogP contribution is 2.65. The molecule has 4 aliphatic carbocycles. The molecule has 1 aromatic carbocycles. The maximum absolute atomic E-state index is 13.5. The molecule has 11 heteroatoms. The Labute approximate surface area is 261 Å². The number of rotatable bonds is 9. The number of aromatic carboxylic acids is 1. The van der Waals surface area contributed by atoms with Crippen LogP contribution >= 0.6 is 0 Å². The molecule has 5 atom stereocenters. The Bertz CT molecular complexity index is 1260. The minimum atomic E-state index is -1.07. The number of carbonyl (C=O) groups is 3. The van der Waals surface area contributed by atoms with Crippen LogP contribution in [0.2, 0.25) is 0 Å². The highest BCUT2D eigenvalue weighted by Gasteiger charge is 2.68. The van der Waals surface area contributed by atoms with Gasteiger partial charge in [0.25, 0.3) is 0 Å². The van der Waals surface area contributed by atoms with Crippen LogP contribution in [0.4, 0.5) is 4.79 Å². The molecule has 4 unspecified atom stereocenters. The Kier molecular flexibility index (Phi) is 9.04. The molecule has 4 saturated carbocycles. The van der Waals surface area contributed by atoms with Gasteiger partial charge in [0.1, 0.15) is 16.9 Å². The number of nitrogens with one attached hydrogen (secondary N) is 2. The lowest BCUT2D eigenvalue weighted by atomic mass is 9.43. The van der Waals surface area contributed by atoms with Crippen LogP contribution in [0.15, 0.2) is 18.2 Å². The number of alkyl carbamates (subject to hydrolysis) is 1. The van der Waals surface area contributed by atoms with E-state index in [2.05, 4.69) is 31.4 Å². The highest BCUT2D eigenvalue weighted by atomic mass is 16.7. The molecule has 3 N–H and O–H groups in total. The van der Waals surface area contributed by atoms with E-state index in [0.29, 0.717) is 30.2 Å². The van der Waals surface area contributed by atoms with Crippen molar-refractivity contribution in [3.63, 3.8) is 0 Å². The van der Waals surface area contributed by atoms with Crippen molar-refractivity contribution >= 4 is 25.1 Å². The summed E-state index contributed by atoms with van der Waals surface area (Å²) >= 11 is 0. The topological polar surface area (TPSA) is 132 Å². The zero-order valence-electron chi connectivity index (χ0n) is 27.2. The van der Waals surface area contributed by atoms with Crippen LogP contribution in [0.25, 0.3) is 0 Å². The van der Waals surface area contributed by atoms with Gasteiger partial charge >= 0.3 is 19.2 Å². The first-order valence-electron chi connectivity index (χ1n) is 16.1. The number of carboxylic acid groups (broad SMARTS) is 1. The van der Waals surface area contributed by atoms with Gasteiger partial charge in [-0.3, -0.25) is 4.79 Å². The molecule has 2 bridgehead atoms. The molecule has 1 saturated heterocycles. The summed E-state index contributed by atoms with van der Waals surface area (Å²) in [7, 11) is 0.788. The Morgan fingerprint density at radius 3 is 2.43 bits per heavy atom. The number of amides is 2. The van der Waals surface area contributed by atoms with Gasteiger partial charge in [0.2, 0.25) is 5.91 Å². The second kappa shape index (κ2) is 12.2. The van der Waals surface area contributed by atoms with Crippen molar-refractivity contribution in [2.24, 2.45) is 23.2 Å². The number of carbonyl (C=O) groups excluding carboxylic acids is 2. The lowest BCUT2D eigenvalue weighted by molar-refractivity contribution is -0.199. The largest absolute Gasteiger partial charge is 0.496 e. The van der Waals surface area contributed by atoms with Crippen LogP contribution in [0.5, 0.6) is 5.75 Å². The maximum Gasteiger partial charge on any atom is 0.482 e. The third-order valence-electron chi connectivity index (χ3n) is 10.7. The van der Waals surface area contributed by atoms with Gasteiger partial charge in [-0.05, 0) is 107 Å². The summed E-state index contributed by atoms with van der Waals surface area (Å²) in [4.78, 5) is 37.6. The van der Waals surface area contributed by atoms with Crippen LogP contribution in [0, 0.1) is 23.2 Å². The molecule has 2 amide bonds. The van der Waals surface area contributed by atoms with Gasteiger partial charge < -0.3 is 34.5 Å². The summed E-state index contributed by atoms with van der Waals surface area (Å²) < 4.78 is 24.3. The van der Waals surface area contributed by atoms with Crippen molar-refractivity contribution in [2.75, 3.05) is 7.11 Å². The standard InChI is InChI=1S/C33H49BN2O8/c1-31(2,3)42-30(40)35-22-13-11-19(12-14-22)15-27(37)36-26(16-20-9-8-10-23(29(38)39)28(20)41-7)34-43-25-18-21-17-24(32(21,4)5)33(25,6)44-34/h8-10,19,21-22,24-26H,11-18H2,1-7H3,(H,35,40)(H,36,37)(H,38,39)/t19?,21?,22?,24?,25?,26-,33?/m0/s1. The molecule has 0 radical (unpaired) electrons. The number of ether oxygens (including phenoxy) is 2. The summed E-state index contributed by atoms with van der Waals surface area (Å²) in [5.41, 5.74) is -0.0730. The number of hydrogen-bond acceptors (Lipinski definition) is 7. The van der Waals surface area contributed by atoms with E-state index in [-0.39, 0.29) is 40.7 Å². The van der Waals surface area contributed by atoms with Gasteiger partial charge in [-0.25, -0.2) is 9.59 Å². The molecule has 1 aliphatic heterocycles. The van der Waals surface area contributed by atoms with Crippen molar-refractivity contribution in [3.05, 3.63) is 29.3 Å². The molecule has 0 aromatic heterocycles. The number of carboxylic acids is 1. The predicted octanol–water partition coefficient (Wildman–Crippen LogP) is 5.16. The van der Waals surface area contributed by atoms with Crippen LogP contribution in [0.1, 0.15) is 102 Å². The fourth-order valence-electron chi connectivity index (χ4n) is 8.19. The number of methoxy groups -OCH3 is 1. The van der Waals surface area contributed by atoms with E-state index >= 15 is 0 Å². The zero-order chi connectivity index (χ0) is 32.0. The molecular formula is C33H49BN2O8. The molecule has 242 valence electrons. The molecule has 1 aromatic rings. The molecule has 5 fully saturated rings. The van der Waals surface area contributed by atoms with E-state index in [4.69, 9.17) is 18.8 Å². The molecule has 44 heavy (non-hydrogen) atoms. The monoisotopic (exact) mass is 612 g/mol. The van der Waals surface area contributed by atoms with Crippen LogP contribution < -0.4 is 15.4 Å². The quantitative estimate of drug-likeness (QED) is 0.326. The van der Waals surface area contributed by atoms with Crippen LogP contribution in [-0.2, 0) is 25.3 Å². The summed E-state index contributed by atoms with van der Waals surface area (Å²) in [6, 6.07) is 5.07. The third kappa shape index (κ3) is 6.59. The smallest absolute Gasteiger partial charge is 0.482 e. The molecule has 10 nitrogen and oxygen atoms in total. The van der Waals surface area contributed by atoms with Crippen LogP contribution in [-0.4, -0.2) is 66.6 Å². The second-order valence-corrected chi connectivity index (χ2v) is 15.1. The molecule has 0 spiro atoms. The first kappa shape index (κ1) is 32.6. The van der Waals surface area contributed by atoms with E-state index in [1.54, 1.807) is 6.07 Å². The maximum atomic E-state index is 13.5. The molecule has 6 rings (SSSR count). The number of benzene rings is 1. The fraction of sp³-hybridized carbons (Fsp3) is 0.727. The lowest BCUT2D eigenvalue weighted by Crippen LogP contribution is -2.65. The van der Waals surface area contributed by atoms with Gasteiger partial charge in [0.05, 0.1) is 24.8 Å². The number of hydrogen-bond donors (Lipinski definition) is 3. The molecule has 5 aliphatic rings. The SMILES string of the molecule is COc1c(C[C@H](NC(=O)CC2CCC(NC(=O)OC(C)(C)C)CC2)B2OC3CC4CC(C4(C)C)C3(C)O2)cccc1C(=O)O. The minimum absolute atomic E-state index is 0.0331. The Morgan fingerprint density at radius 2 is 1.82 bits per heavy atom. The van der Waals surface area contributed by atoms with Gasteiger partial charge in [0.15, 0.2) is 0 Å². The Balaban J connectivity index is 1.26. The Hall–Kier alpha value is -2.79. The first-order valence-corrected chi connectivity index (χ1v) is 16.1. The van der Waals surface area contributed by atoms with Gasteiger partial charge in [0, 0.05) is 12.5 Å². The van der Waals surface area contributed by atoms with Gasteiger partial charge in [-0.15, -0.1) is 0 Å². The lowest BCUT2D eigenvalue weighted by Gasteiger charge is -2.64. The van der Waals surface area contributed by atoms with E-state index < -0.39 is 36.3 Å². The fourth-order valence-corrected chi connectivity index (χ4v) is 8.19. The van der Waals surface area contributed by atoms with E-state index in [1.807, 2.05) is 26.8 Å². The van der Waals surface area contributed by atoms with Crippen molar-refractivity contribution < 1.29 is 38.3 Å². The van der Waals surface area contributed by atoms with E-state index in [0.717, 1.165) is 38.5 Å². The predicted molar refractivity (Wildman–Crippen MR) is 165 cm³/mol. The second-order valence-electron chi connectivity index (χ2n) is 15.1. The van der Waals surface area contributed by atoms with Crippen molar-refractivity contribution in [2.45, 2.75) is 122 Å². The third-order valence-corrected chi connectivity index (χ3v) is 10.7. The average Bonchev–Trinajstić information content (AvgIpc) is 3.29. The van der Waals surface area contributed by atoms with Crippen molar-refractivity contribution in [1.29, 1.82) is 0 Å². The number of para-hydroxylation sites is 1. The summed E-state index contributed by atoms with van der Waals surface area (Å²) in [6.45, 7) is 12.3. The summed E-state index contributed by atoms with van der Waals surface area (Å²) in [6.07, 6.45) is 5.45. The average molecular weight is 613 g/mol. The van der Waals surface area contributed by atoms with Gasteiger partial charge in [-0.2, -0.15) is 0 Å². The van der Waals surface area contributed by atoms with Gasteiger partial charge in [-0.1, -0.05) is 26.0 Å². The van der Waals surface area contributed by atoms with Crippen molar-refractivity contribution in [3.8, 4) is 5.75 Å². The van der Waals surface area contributed by atoms with E-state index in [9.17, 15) is 19.5 Å².